The van der Waals surface area contributed by atoms with E-state index in [4.69, 9.17) is 0 Å². The monoisotopic (exact) mass is 416 g/mol. The molecule has 4 aromatic rings. The molecule has 0 saturated carbocycles. The number of sulfone groups is 1. The van der Waals surface area contributed by atoms with Crippen molar-refractivity contribution in [2.45, 2.75) is 11.1 Å². The van der Waals surface area contributed by atoms with Crippen LogP contribution in [0.5, 0.6) is 0 Å². The average molecular weight is 416 g/mol. The summed E-state index contributed by atoms with van der Waals surface area (Å²) in [6.07, 6.45) is 0.131. The number of benzene rings is 2. The third kappa shape index (κ3) is 3.88. The van der Waals surface area contributed by atoms with E-state index in [2.05, 4.69) is 4.98 Å². The van der Waals surface area contributed by atoms with Crippen LogP contribution in [0.2, 0.25) is 0 Å². The first kappa shape index (κ1) is 19.2. The Balaban J connectivity index is 1.68. The lowest BCUT2D eigenvalue weighted by atomic mass is 10.0. The molecule has 0 aliphatic rings. The number of nitrogens with zero attached hydrogens (tertiary/aromatic N) is 2. The Bertz CT molecular complexity index is 1310. The van der Waals surface area contributed by atoms with E-state index in [1.165, 1.54) is 18.2 Å². The largest absolute Gasteiger partial charge is 0.416 e. The highest BCUT2D eigenvalue weighted by Crippen LogP contribution is 2.32. The van der Waals surface area contributed by atoms with Crippen LogP contribution in [0.1, 0.15) is 5.56 Å². The van der Waals surface area contributed by atoms with Crippen molar-refractivity contribution in [2.24, 2.45) is 0 Å². The predicted molar refractivity (Wildman–Crippen MR) is 104 cm³/mol. The van der Waals surface area contributed by atoms with E-state index in [1.54, 1.807) is 47.1 Å². The molecular formula is C21H15F3N2O2S. The molecule has 4 rings (SSSR count). The van der Waals surface area contributed by atoms with Gasteiger partial charge in [-0.1, -0.05) is 36.4 Å². The summed E-state index contributed by atoms with van der Waals surface area (Å²) in [5.74, 6) is 0. The number of hydrogen-bond donors (Lipinski definition) is 0. The van der Waals surface area contributed by atoms with Crippen molar-refractivity contribution >= 4 is 15.5 Å². The molecule has 0 radical (unpaired) electrons. The van der Waals surface area contributed by atoms with Crippen molar-refractivity contribution < 1.29 is 21.6 Å². The van der Waals surface area contributed by atoms with Crippen LogP contribution in [-0.2, 0) is 16.0 Å². The van der Waals surface area contributed by atoms with Crippen molar-refractivity contribution in [3.63, 3.8) is 0 Å². The van der Waals surface area contributed by atoms with Crippen LogP contribution in [0.4, 0.5) is 13.2 Å². The Morgan fingerprint density at radius 2 is 1.59 bits per heavy atom. The third-order valence-electron chi connectivity index (χ3n) is 4.56. The standard InChI is InChI=1S/C21H15F3N2O2S/c1-29(27,28)18-9-10-26-13-19(25-20(26)12-18)15-7-5-14(6-8-15)16-3-2-4-17(11-16)21(22,23)24/h2-13H,1H3. The summed E-state index contributed by atoms with van der Waals surface area (Å²) >= 11 is 0. The fourth-order valence-electron chi connectivity index (χ4n) is 3.04. The molecule has 29 heavy (non-hydrogen) atoms. The minimum Gasteiger partial charge on any atom is -0.306 e. The molecule has 0 bridgehead atoms. The second-order valence-corrected chi connectivity index (χ2v) is 8.70. The SMILES string of the molecule is CS(=O)(=O)c1ccn2cc(-c3ccc(-c4cccc(C(F)(F)F)c4)cc3)nc2c1. The van der Waals surface area contributed by atoms with Gasteiger partial charge in [-0.15, -0.1) is 0 Å². The summed E-state index contributed by atoms with van der Waals surface area (Å²) in [5.41, 5.74) is 2.32. The van der Waals surface area contributed by atoms with Crippen molar-refractivity contribution in [2.75, 3.05) is 6.26 Å². The number of pyridine rings is 1. The van der Waals surface area contributed by atoms with Gasteiger partial charge in [-0.3, -0.25) is 0 Å². The van der Waals surface area contributed by atoms with Crippen LogP contribution in [-0.4, -0.2) is 24.1 Å². The molecular weight excluding hydrogens is 401 g/mol. The first-order valence-corrected chi connectivity index (χ1v) is 10.5. The molecule has 0 spiro atoms. The Morgan fingerprint density at radius 1 is 0.897 bits per heavy atom. The van der Waals surface area contributed by atoms with Crippen LogP contribution in [0, 0.1) is 0 Å². The molecule has 0 saturated heterocycles. The zero-order valence-electron chi connectivity index (χ0n) is 15.2. The highest BCUT2D eigenvalue weighted by Gasteiger charge is 2.30. The minimum absolute atomic E-state index is 0.182. The molecule has 2 aromatic heterocycles. The van der Waals surface area contributed by atoms with E-state index in [1.807, 2.05) is 0 Å². The zero-order valence-corrected chi connectivity index (χ0v) is 16.0. The smallest absolute Gasteiger partial charge is 0.306 e. The fraction of sp³-hybridized carbons (Fsp3) is 0.0952. The van der Waals surface area contributed by atoms with Gasteiger partial charge in [0.1, 0.15) is 5.65 Å². The average Bonchev–Trinajstić information content (AvgIpc) is 3.10. The van der Waals surface area contributed by atoms with Gasteiger partial charge in [-0.05, 0) is 29.3 Å². The molecule has 4 nitrogen and oxygen atoms in total. The fourth-order valence-corrected chi connectivity index (χ4v) is 3.67. The number of hydrogen-bond acceptors (Lipinski definition) is 3. The quantitative estimate of drug-likeness (QED) is 0.467. The van der Waals surface area contributed by atoms with Crippen LogP contribution >= 0.6 is 0 Å². The Morgan fingerprint density at radius 3 is 2.24 bits per heavy atom. The summed E-state index contributed by atoms with van der Waals surface area (Å²) in [6.45, 7) is 0. The molecule has 0 fully saturated rings. The Hall–Kier alpha value is -3.13. The molecule has 0 amide bonds. The van der Waals surface area contributed by atoms with Crippen LogP contribution in [0.25, 0.3) is 28.0 Å². The lowest BCUT2D eigenvalue weighted by molar-refractivity contribution is -0.137. The summed E-state index contributed by atoms with van der Waals surface area (Å²) < 4.78 is 63.9. The Kier molecular flexibility index (Phi) is 4.46. The Labute approximate surface area is 165 Å². The van der Waals surface area contributed by atoms with E-state index in [0.29, 0.717) is 22.5 Å². The van der Waals surface area contributed by atoms with E-state index < -0.39 is 21.6 Å². The maximum absolute atomic E-state index is 12.9. The van der Waals surface area contributed by atoms with E-state index >= 15 is 0 Å². The van der Waals surface area contributed by atoms with Gasteiger partial charge in [0, 0.05) is 30.3 Å². The maximum Gasteiger partial charge on any atom is 0.416 e. The van der Waals surface area contributed by atoms with Crippen LogP contribution in [0.15, 0.2) is 78.0 Å². The van der Waals surface area contributed by atoms with Gasteiger partial charge in [-0.2, -0.15) is 13.2 Å². The molecule has 148 valence electrons. The summed E-state index contributed by atoms with van der Waals surface area (Å²) in [4.78, 5) is 4.64. The molecule has 8 heteroatoms. The summed E-state index contributed by atoms with van der Waals surface area (Å²) in [7, 11) is -3.33. The number of aromatic nitrogens is 2. The second-order valence-electron chi connectivity index (χ2n) is 6.68. The van der Waals surface area contributed by atoms with Crippen LogP contribution in [0.3, 0.4) is 0 Å². The molecule has 0 unspecified atom stereocenters. The zero-order chi connectivity index (χ0) is 20.8. The van der Waals surface area contributed by atoms with Gasteiger partial charge in [0.15, 0.2) is 9.84 Å². The minimum atomic E-state index is -4.39. The van der Waals surface area contributed by atoms with Gasteiger partial charge in [0.2, 0.25) is 0 Å². The maximum atomic E-state index is 12.9. The summed E-state index contributed by atoms with van der Waals surface area (Å²) in [5, 5.41) is 0. The molecule has 2 aromatic carbocycles. The third-order valence-corrected chi connectivity index (χ3v) is 5.67. The van der Waals surface area contributed by atoms with Gasteiger partial charge >= 0.3 is 6.18 Å². The normalized spacial score (nSPS) is 12.4. The van der Waals surface area contributed by atoms with Gasteiger partial charge in [-0.25, -0.2) is 13.4 Å². The molecule has 0 atom stereocenters. The number of rotatable bonds is 3. The van der Waals surface area contributed by atoms with E-state index in [9.17, 15) is 21.6 Å². The number of halogens is 3. The van der Waals surface area contributed by atoms with Crippen LogP contribution < -0.4 is 0 Å². The van der Waals surface area contributed by atoms with E-state index in [-0.39, 0.29) is 4.90 Å². The lowest BCUT2D eigenvalue weighted by Gasteiger charge is -2.09. The van der Waals surface area contributed by atoms with Crippen molar-refractivity contribution in [1.82, 2.24) is 9.38 Å². The second kappa shape index (κ2) is 6.73. The van der Waals surface area contributed by atoms with Gasteiger partial charge in [0.25, 0.3) is 0 Å². The van der Waals surface area contributed by atoms with Crippen molar-refractivity contribution in [1.29, 1.82) is 0 Å². The molecule has 0 aliphatic carbocycles. The predicted octanol–water partition coefficient (Wildman–Crippen LogP) is 5.09. The van der Waals surface area contributed by atoms with Gasteiger partial charge in [0.05, 0.1) is 16.2 Å². The van der Waals surface area contributed by atoms with E-state index in [0.717, 1.165) is 24.0 Å². The number of fused-ring (bicyclic) bond motifs is 1. The van der Waals surface area contributed by atoms with Gasteiger partial charge < -0.3 is 4.40 Å². The topological polar surface area (TPSA) is 51.4 Å². The molecule has 2 heterocycles. The lowest BCUT2D eigenvalue weighted by Crippen LogP contribution is -2.04. The number of alkyl halides is 3. The first-order valence-electron chi connectivity index (χ1n) is 8.58. The number of imidazole rings is 1. The highest BCUT2D eigenvalue weighted by atomic mass is 32.2. The first-order chi connectivity index (χ1) is 13.6. The molecule has 0 N–H and O–H groups in total. The van der Waals surface area contributed by atoms with Crippen molar-refractivity contribution in [3.05, 3.63) is 78.6 Å². The summed E-state index contributed by atoms with van der Waals surface area (Å²) in [6, 6.07) is 15.2. The highest BCUT2D eigenvalue weighted by molar-refractivity contribution is 7.90. The van der Waals surface area contributed by atoms with Crippen molar-refractivity contribution in [3.8, 4) is 22.4 Å². The molecule has 0 aliphatic heterocycles.